The number of hydrogen-bond acceptors (Lipinski definition) is 6. The summed E-state index contributed by atoms with van der Waals surface area (Å²) in [5.41, 5.74) is 0.823. The van der Waals surface area contributed by atoms with Crippen LogP contribution in [-0.2, 0) is 13.6 Å². The normalized spacial score (nSPS) is 11.0. The van der Waals surface area contributed by atoms with Crippen molar-refractivity contribution in [2.45, 2.75) is 20.8 Å². The minimum atomic E-state index is -3.71. The lowest BCUT2D eigenvalue weighted by Crippen LogP contribution is -2.05. The summed E-state index contributed by atoms with van der Waals surface area (Å²) in [5, 5.41) is 8.92. The van der Waals surface area contributed by atoms with E-state index in [1.165, 1.54) is 0 Å². The van der Waals surface area contributed by atoms with Gasteiger partial charge in [-0.1, -0.05) is 0 Å². The van der Waals surface area contributed by atoms with E-state index in [1.807, 2.05) is 6.07 Å². The molecule has 0 aliphatic heterocycles. The van der Waals surface area contributed by atoms with Gasteiger partial charge in [0.2, 0.25) is 5.88 Å². The Morgan fingerprint density at radius 3 is 2.44 bits per heavy atom. The average molecular weight is 270 g/mol. The fourth-order valence-electron chi connectivity index (χ4n) is 1.20. The van der Waals surface area contributed by atoms with Crippen LogP contribution in [0.1, 0.15) is 25.1 Å². The predicted octanol–water partition coefficient (Wildman–Crippen LogP) is 2.82. The van der Waals surface area contributed by atoms with E-state index >= 15 is 0 Å². The van der Waals surface area contributed by atoms with Gasteiger partial charge in [-0.15, -0.1) is 0 Å². The Morgan fingerprint density at radius 2 is 1.94 bits per heavy atom. The SMILES string of the molecule is CCOP(=O)(OCC)Oc1nc(C)ccc1C#N. The molecular weight excluding hydrogens is 255 g/mol. The van der Waals surface area contributed by atoms with E-state index in [4.69, 9.17) is 18.8 Å². The Kier molecular flexibility index (Phi) is 5.29. The Balaban J connectivity index is 3.04. The molecule has 0 atom stereocenters. The number of nitriles is 1. The van der Waals surface area contributed by atoms with Gasteiger partial charge < -0.3 is 4.52 Å². The largest absolute Gasteiger partial charge is 0.531 e. The Labute approximate surface area is 106 Å². The smallest absolute Gasteiger partial charge is 0.384 e. The van der Waals surface area contributed by atoms with Gasteiger partial charge in [0.05, 0.1) is 13.2 Å². The standard InChI is InChI=1S/C11H15N2O4P/c1-4-15-18(14,16-5-2)17-11-10(8-12)7-6-9(3)13-11/h6-7H,4-5H2,1-3H3. The average Bonchev–Trinajstić information content (AvgIpc) is 2.29. The van der Waals surface area contributed by atoms with E-state index in [-0.39, 0.29) is 24.7 Å². The zero-order valence-electron chi connectivity index (χ0n) is 10.5. The summed E-state index contributed by atoms with van der Waals surface area (Å²) in [7, 11) is -3.71. The van der Waals surface area contributed by atoms with Crippen LogP contribution >= 0.6 is 7.82 Å². The molecule has 0 spiro atoms. The number of phosphoric ester groups is 1. The third-order valence-corrected chi connectivity index (χ3v) is 3.44. The number of nitrogens with zero attached hydrogens (tertiary/aromatic N) is 2. The van der Waals surface area contributed by atoms with Crippen molar-refractivity contribution in [1.82, 2.24) is 4.98 Å². The molecule has 98 valence electrons. The number of aryl methyl sites for hydroxylation is 1. The van der Waals surface area contributed by atoms with Crippen LogP contribution in [0.5, 0.6) is 5.88 Å². The molecule has 1 rings (SSSR count). The number of aromatic nitrogens is 1. The molecule has 7 heteroatoms. The third kappa shape index (κ3) is 3.81. The highest BCUT2D eigenvalue weighted by Gasteiger charge is 2.29. The van der Waals surface area contributed by atoms with Crippen molar-refractivity contribution in [3.63, 3.8) is 0 Å². The van der Waals surface area contributed by atoms with E-state index in [0.29, 0.717) is 5.69 Å². The number of rotatable bonds is 6. The maximum atomic E-state index is 12.1. The Morgan fingerprint density at radius 1 is 1.33 bits per heavy atom. The van der Waals surface area contributed by atoms with Gasteiger partial charge in [0.1, 0.15) is 11.6 Å². The fourth-order valence-corrected chi connectivity index (χ4v) is 2.36. The maximum absolute atomic E-state index is 12.1. The van der Waals surface area contributed by atoms with Crippen LogP contribution in [-0.4, -0.2) is 18.2 Å². The second-order valence-electron chi connectivity index (χ2n) is 3.29. The number of pyridine rings is 1. The van der Waals surface area contributed by atoms with Gasteiger partial charge in [0, 0.05) is 5.69 Å². The molecule has 0 bridgehead atoms. The molecule has 18 heavy (non-hydrogen) atoms. The van der Waals surface area contributed by atoms with Crippen LogP contribution in [0.4, 0.5) is 0 Å². The summed E-state index contributed by atoms with van der Waals surface area (Å²) in [4.78, 5) is 4.02. The maximum Gasteiger partial charge on any atom is 0.531 e. The van der Waals surface area contributed by atoms with Crippen LogP contribution in [0.3, 0.4) is 0 Å². The molecule has 0 fully saturated rings. The zero-order valence-corrected chi connectivity index (χ0v) is 11.4. The minimum absolute atomic E-state index is 0.0391. The molecular formula is C11H15N2O4P. The van der Waals surface area contributed by atoms with Crippen molar-refractivity contribution in [3.05, 3.63) is 23.4 Å². The summed E-state index contributed by atoms with van der Waals surface area (Å²) in [5.74, 6) is -0.0391. The lowest BCUT2D eigenvalue weighted by atomic mass is 10.3. The van der Waals surface area contributed by atoms with Crippen molar-refractivity contribution in [3.8, 4) is 11.9 Å². The van der Waals surface area contributed by atoms with Crippen LogP contribution in [0, 0.1) is 18.3 Å². The first-order chi connectivity index (χ1) is 8.54. The summed E-state index contributed by atoms with van der Waals surface area (Å²) < 4.78 is 27.3. The van der Waals surface area contributed by atoms with Crippen molar-refractivity contribution >= 4 is 7.82 Å². The quantitative estimate of drug-likeness (QED) is 0.739. The predicted molar refractivity (Wildman–Crippen MR) is 65.2 cm³/mol. The second-order valence-corrected chi connectivity index (χ2v) is 4.88. The van der Waals surface area contributed by atoms with Gasteiger partial charge in [-0.3, -0.25) is 9.05 Å². The summed E-state index contributed by atoms with van der Waals surface area (Å²) in [6, 6.07) is 5.12. The summed E-state index contributed by atoms with van der Waals surface area (Å²) in [6.45, 7) is 5.42. The molecule has 0 unspecified atom stereocenters. The molecule has 0 saturated carbocycles. The fraction of sp³-hybridized carbons (Fsp3) is 0.455. The highest BCUT2D eigenvalue weighted by molar-refractivity contribution is 7.48. The van der Waals surface area contributed by atoms with Gasteiger partial charge in [0.25, 0.3) is 0 Å². The van der Waals surface area contributed by atoms with E-state index in [2.05, 4.69) is 4.98 Å². The first-order valence-electron chi connectivity index (χ1n) is 5.51. The highest BCUT2D eigenvalue weighted by Crippen LogP contribution is 2.49. The Hall–Kier alpha value is -1.41. The first-order valence-corrected chi connectivity index (χ1v) is 6.97. The van der Waals surface area contributed by atoms with Gasteiger partial charge in [-0.2, -0.15) is 5.26 Å². The van der Waals surface area contributed by atoms with E-state index < -0.39 is 7.82 Å². The molecule has 0 N–H and O–H groups in total. The van der Waals surface area contributed by atoms with Crippen LogP contribution in [0.15, 0.2) is 12.1 Å². The zero-order chi connectivity index (χ0) is 13.6. The van der Waals surface area contributed by atoms with Gasteiger partial charge >= 0.3 is 7.82 Å². The van der Waals surface area contributed by atoms with Crippen LogP contribution in [0.2, 0.25) is 0 Å². The molecule has 0 aliphatic carbocycles. The molecule has 0 amide bonds. The first kappa shape index (κ1) is 14.7. The summed E-state index contributed by atoms with van der Waals surface area (Å²) >= 11 is 0. The lowest BCUT2D eigenvalue weighted by molar-refractivity contribution is 0.165. The molecule has 1 heterocycles. The van der Waals surface area contributed by atoms with Gasteiger partial charge in [-0.25, -0.2) is 9.55 Å². The van der Waals surface area contributed by atoms with Gasteiger partial charge in [0.15, 0.2) is 0 Å². The molecule has 6 nitrogen and oxygen atoms in total. The molecule has 0 aliphatic rings. The van der Waals surface area contributed by atoms with Crippen molar-refractivity contribution in [2.24, 2.45) is 0 Å². The Bertz CT molecular complexity index is 488. The molecule has 0 radical (unpaired) electrons. The second kappa shape index (κ2) is 6.50. The molecule has 1 aromatic heterocycles. The van der Waals surface area contributed by atoms with E-state index in [9.17, 15) is 4.57 Å². The highest BCUT2D eigenvalue weighted by atomic mass is 31.2. The third-order valence-electron chi connectivity index (χ3n) is 1.89. The molecule has 0 saturated heterocycles. The lowest BCUT2D eigenvalue weighted by Gasteiger charge is -2.16. The monoisotopic (exact) mass is 270 g/mol. The number of phosphoric acid groups is 1. The van der Waals surface area contributed by atoms with Crippen LogP contribution < -0.4 is 4.52 Å². The van der Waals surface area contributed by atoms with Crippen LogP contribution in [0.25, 0.3) is 0 Å². The molecule has 0 aromatic carbocycles. The van der Waals surface area contributed by atoms with E-state index in [1.54, 1.807) is 32.9 Å². The number of hydrogen-bond donors (Lipinski definition) is 0. The minimum Gasteiger partial charge on any atom is -0.384 e. The van der Waals surface area contributed by atoms with Crippen molar-refractivity contribution in [2.75, 3.05) is 13.2 Å². The van der Waals surface area contributed by atoms with E-state index in [0.717, 1.165) is 0 Å². The summed E-state index contributed by atoms with van der Waals surface area (Å²) in [6.07, 6.45) is 0. The van der Waals surface area contributed by atoms with Crippen molar-refractivity contribution in [1.29, 1.82) is 5.26 Å². The molecule has 1 aromatic rings. The van der Waals surface area contributed by atoms with Crippen molar-refractivity contribution < 1.29 is 18.1 Å². The topological polar surface area (TPSA) is 81.4 Å². The van der Waals surface area contributed by atoms with Gasteiger partial charge in [-0.05, 0) is 32.9 Å².